The molecule has 8 nitrogen and oxygen atoms in total. The molecule has 182 valence electrons. The molecular formula is C26H28N4O4S. The van der Waals surface area contributed by atoms with Gasteiger partial charge >= 0.3 is 0 Å². The van der Waals surface area contributed by atoms with Gasteiger partial charge in [-0.05, 0) is 79.3 Å². The van der Waals surface area contributed by atoms with Crippen molar-refractivity contribution in [3.63, 3.8) is 0 Å². The molecule has 0 atom stereocenters. The molecule has 0 aliphatic carbocycles. The molecule has 35 heavy (non-hydrogen) atoms. The summed E-state index contributed by atoms with van der Waals surface area (Å²) in [7, 11) is 0. The number of nitrogens with zero attached hydrogens (tertiary/aromatic N) is 2. The molecule has 1 aliphatic rings. The van der Waals surface area contributed by atoms with E-state index in [0.29, 0.717) is 31.0 Å². The Balaban J connectivity index is 1.25. The zero-order valence-corrected chi connectivity index (χ0v) is 20.3. The monoisotopic (exact) mass is 492 g/mol. The molecule has 1 fully saturated rings. The molecule has 1 aliphatic heterocycles. The normalized spacial score (nSPS) is 13.3. The summed E-state index contributed by atoms with van der Waals surface area (Å²) in [6.45, 7) is 5.40. The van der Waals surface area contributed by atoms with Crippen LogP contribution in [0.1, 0.15) is 34.3 Å². The summed E-state index contributed by atoms with van der Waals surface area (Å²) < 4.78 is 10.8. The number of piperazine rings is 1. The van der Waals surface area contributed by atoms with Crippen molar-refractivity contribution in [2.45, 2.75) is 13.3 Å². The number of ether oxygens (including phenoxy) is 1. The minimum atomic E-state index is -0.289. The van der Waals surface area contributed by atoms with Gasteiger partial charge in [0, 0.05) is 43.1 Å². The van der Waals surface area contributed by atoms with E-state index >= 15 is 0 Å². The van der Waals surface area contributed by atoms with Gasteiger partial charge in [-0.2, -0.15) is 0 Å². The van der Waals surface area contributed by atoms with Crippen LogP contribution in [0.25, 0.3) is 0 Å². The third kappa shape index (κ3) is 6.39. The van der Waals surface area contributed by atoms with E-state index in [4.69, 9.17) is 21.4 Å². The van der Waals surface area contributed by atoms with Crippen LogP contribution in [0.5, 0.6) is 5.75 Å². The van der Waals surface area contributed by atoms with Crippen molar-refractivity contribution in [2.75, 3.05) is 43.0 Å². The molecule has 2 N–H and O–H groups in total. The number of amides is 2. The van der Waals surface area contributed by atoms with Crippen molar-refractivity contribution in [1.29, 1.82) is 0 Å². The summed E-state index contributed by atoms with van der Waals surface area (Å²) in [5, 5.41) is 5.96. The quantitative estimate of drug-likeness (QED) is 0.479. The Bertz CT molecular complexity index is 1140. The molecule has 1 aromatic heterocycles. The van der Waals surface area contributed by atoms with Crippen LogP contribution in [0.15, 0.2) is 71.3 Å². The Hall–Kier alpha value is -3.85. The molecular weight excluding hydrogens is 464 g/mol. The maximum atomic E-state index is 12.5. The highest BCUT2D eigenvalue weighted by Gasteiger charge is 2.23. The van der Waals surface area contributed by atoms with Crippen LogP contribution < -0.4 is 20.3 Å². The van der Waals surface area contributed by atoms with Crippen LogP contribution in [-0.4, -0.2) is 54.6 Å². The lowest BCUT2D eigenvalue weighted by Gasteiger charge is -2.35. The molecule has 0 bridgehead atoms. The van der Waals surface area contributed by atoms with Crippen LogP contribution in [0, 0.1) is 0 Å². The van der Waals surface area contributed by atoms with Crippen LogP contribution in [-0.2, 0) is 0 Å². The summed E-state index contributed by atoms with van der Waals surface area (Å²) in [5.41, 5.74) is 2.33. The van der Waals surface area contributed by atoms with Crippen molar-refractivity contribution >= 4 is 40.5 Å². The molecule has 1 saturated heterocycles. The van der Waals surface area contributed by atoms with E-state index in [1.54, 1.807) is 41.3 Å². The SMILES string of the molecule is CCCOc1ccc(C(=O)NC(=S)Nc2ccc(N3CCN(C(=O)c4ccco4)CC3)cc2)cc1. The molecule has 4 rings (SSSR count). The summed E-state index contributed by atoms with van der Waals surface area (Å²) in [6, 6.07) is 18.2. The van der Waals surface area contributed by atoms with Gasteiger partial charge in [-0.15, -0.1) is 0 Å². The largest absolute Gasteiger partial charge is 0.494 e. The van der Waals surface area contributed by atoms with E-state index < -0.39 is 0 Å². The van der Waals surface area contributed by atoms with Gasteiger partial charge < -0.3 is 24.3 Å². The van der Waals surface area contributed by atoms with Crippen molar-refractivity contribution in [3.8, 4) is 5.75 Å². The lowest BCUT2D eigenvalue weighted by molar-refractivity contribution is 0.0714. The van der Waals surface area contributed by atoms with Gasteiger partial charge in [0.15, 0.2) is 10.9 Å². The first kappa shape index (κ1) is 24.3. The highest BCUT2D eigenvalue weighted by Crippen LogP contribution is 2.20. The molecule has 0 spiro atoms. The van der Waals surface area contributed by atoms with E-state index in [2.05, 4.69) is 15.5 Å². The average Bonchev–Trinajstić information content (AvgIpc) is 3.43. The number of nitrogens with one attached hydrogen (secondary N) is 2. The first-order chi connectivity index (χ1) is 17.0. The fourth-order valence-electron chi connectivity index (χ4n) is 3.74. The van der Waals surface area contributed by atoms with Crippen molar-refractivity contribution < 1.29 is 18.7 Å². The fraction of sp³-hybridized carbons (Fsp3) is 0.269. The van der Waals surface area contributed by atoms with E-state index in [1.165, 1.54) is 6.26 Å². The highest BCUT2D eigenvalue weighted by atomic mass is 32.1. The minimum absolute atomic E-state index is 0.0782. The van der Waals surface area contributed by atoms with Gasteiger partial charge in [0.05, 0.1) is 12.9 Å². The van der Waals surface area contributed by atoms with E-state index in [9.17, 15) is 9.59 Å². The molecule has 3 aromatic rings. The van der Waals surface area contributed by atoms with Crippen molar-refractivity contribution in [2.24, 2.45) is 0 Å². The summed E-state index contributed by atoms with van der Waals surface area (Å²) in [6.07, 6.45) is 2.44. The van der Waals surface area contributed by atoms with Gasteiger partial charge in [0.1, 0.15) is 5.75 Å². The van der Waals surface area contributed by atoms with E-state index in [-0.39, 0.29) is 16.9 Å². The molecule has 2 heterocycles. The number of rotatable bonds is 7. The maximum Gasteiger partial charge on any atom is 0.289 e. The third-order valence-electron chi connectivity index (χ3n) is 5.61. The van der Waals surface area contributed by atoms with Gasteiger partial charge in [0.2, 0.25) is 0 Å². The number of anilines is 2. The standard InChI is InChI=1S/C26H28N4O4S/c1-2-17-33-22-11-5-19(6-12-22)24(31)28-26(35)27-20-7-9-21(10-8-20)29-13-15-30(16-14-29)25(32)23-4-3-18-34-23/h3-12,18H,2,13-17H2,1H3,(H2,27,28,31,35). The zero-order chi connectivity index (χ0) is 24.6. The first-order valence-electron chi connectivity index (χ1n) is 11.6. The van der Waals surface area contributed by atoms with Crippen LogP contribution >= 0.6 is 12.2 Å². The van der Waals surface area contributed by atoms with E-state index in [0.717, 1.165) is 36.6 Å². The predicted octanol–water partition coefficient (Wildman–Crippen LogP) is 4.16. The number of hydrogen-bond donors (Lipinski definition) is 2. The Kier molecular flexibility index (Phi) is 7.99. The second-order valence-electron chi connectivity index (χ2n) is 8.08. The van der Waals surface area contributed by atoms with Crippen molar-refractivity contribution in [1.82, 2.24) is 10.2 Å². The summed E-state index contributed by atoms with van der Waals surface area (Å²) in [4.78, 5) is 28.9. The number of thiocarbonyl (C=S) groups is 1. The molecule has 2 amide bonds. The third-order valence-corrected chi connectivity index (χ3v) is 5.81. The Morgan fingerprint density at radius 3 is 2.34 bits per heavy atom. The smallest absolute Gasteiger partial charge is 0.289 e. The Labute approximate surface area is 209 Å². The van der Waals surface area contributed by atoms with Crippen LogP contribution in [0.3, 0.4) is 0 Å². The molecule has 2 aromatic carbocycles. The van der Waals surface area contributed by atoms with Gasteiger partial charge in [0.25, 0.3) is 11.8 Å². The fourth-order valence-corrected chi connectivity index (χ4v) is 3.95. The first-order valence-corrected chi connectivity index (χ1v) is 12.0. The number of furan rings is 1. The van der Waals surface area contributed by atoms with Crippen LogP contribution in [0.2, 0.25) is 0 Å². The number of carbonyl (C=O) groups is 2. The van der Waals surface area contributed by atoms with Gasteiger partial charge in [-0.25, -0.2) is 0 Å². The second kappa shape index (κ2) is 11.5. The van der Waals surface area contributed by atoms with Crippen molar-refractivity contribution in [3.05, 3.63) is 78.3 Å². The van der Waals surface area contributed by atoms with E-state index in [1.807, 2.05) is 31.2 Å². The predicted molar refractivity (Wildman–Crippen MR) is 139 cm³/mol. The average molecular weight is 493 g/mol. The Morgan fingerprint density at radius 1 is 1.00 bits per heavy atom. The maximum absolute atomic E-state index is 12.5. The second-order valence-corrected chi connectivity index (χ2v) is 8.49. The zero-order valence-electron chi connectivity index (χ0n) is 19.5. The lowest BCUT2D eigenvalue weighted by atomic mass is 10.2. The van der Waals surface area contributed by atoms with Gasteiger partial charge in [-0.1, -0.05) is 6.92 Å². The summed E-state index contributed by atoms with van der Waals surface area (Å²) >= 11 is 5.30. The lowest BCUT2D eigenvalue weighted by Crippen LogP contribution is -2.48. The summed E-state index contributed by atoms with van der Waals surface area (Å²) in [5.74, 6) is 0.735. The molecule has 0 radical (unpaired) electrons. The molecule has 0 unspecified atom stereocenters. The topological polar surface area (TPSA) is 87.0 Å². The number of hydrogen-bond acceptors (Lipinski definition) is 6. The molecule has 0 saturated carbocycles. The molecule has 9 heteroatoms. The highest BCUT2D eigenvalue weighted by molar-refractivity contribution is 7.80. The van der Waals surface area contributed by atoms with Gasteiger partial charge in [-0.3, -0.25) is 14.9 Å². The Morgan fingerprint density at radius 2 is 1.71 bits per heavy atom. The number of benzene rings is 2. The van der Waals surface area contributed by atoms with Crippen LogP contribution in [0.4, 0.5) is 11.4 Å². The minimum Gasteiger partial charge on any atom is -0.494 e. The number of carbonyl (C=O) groups excluding carboxylic acids is 2.